The van der Waals surface area contributed by atoms with Gasteiger partial charge in [-0.15, -0.1) is 11.3 Å². The fraction of sp³-hybridized carbons (Fsp3) is 0.143. The van der Waals surface area contributed by atoms with Gasteiger partial charge in [0.05, 0.1) is 4.88 Å². The molecule has 1 aromatic heterocycles. The number of amides is 1. The first-order valence-corrected chi connectivity index (χ1v) is 6.35. The summed E-state index contributed by atoms with van der Waals surface area (Å²) in [7, 11) is 0. The maximum Gasteiger partial charge on any atom is 0.261 e. The summed E-state index contributed by atoms with van der Waals surface area (Å²) >= 11 is 1.23. The van der Waals surface area contributed by atoms with Gasteiger partial charge in [-0.25, -0.2) is 0 Å². The first-order chi connectivity index (χ1) is 8.70. The summed E-state index contributed by atoms with van der Waals surface area (Å²) in [5, 5.41) is 11.6. The highest BCUT2D eigenvalue weighted by molar-refractivity contribution is 7.14. The lowest BCUT2D eigenvalue weighted by Gasteiger charge is -2.04. The third-order valence-electron chi connectivity index (χ3n) is 2.53. The molecular weight excluding hydrogens is 244 g/mol. The zero-order valence-electron chi connectivity index (χ0n) is 9.93. The fourth-order valence-electron chi connectivity index (χ4n) is 1.62. The smallest absolute Gasteiger partial charge is 0.261 e. The van der Waals surface area contributed by atoms with Crippen LogP contribution >= 0.6 is 11.3 Å². The van der Waals surface area contributed by atoms with Crippen molar-refractivity contribution in [1.82, 2.24) is 5.32 Å². The van der Waals surface area contributed by atoms with E-state index in [2.05, 4.69) is 11.4 Å². The number of rotatable bonds is 3. The van der Waals surface area contributed by atoms with Crippen molar-refractivity contribution in [2.24, 2.45) is 0 Å². The molecule has 0 aliphatic heterocycles. The molecule has 0 bridgehead atoms. The van der Waals surface area contributed by atoms with Gasteiger partial charge in [0.15, 0.2) is 0 Å². The van der Waals surface area contributed by atoms with Crippen molar-refractivity contribution in [1.29, 1.82) is 5.26 Å². The highest BCUT2D eigenvalue weighted by Crippen LogP contribution is 2.20. The van der Waals surface area contributed by atoms with Crippen molar-refractivity contribution < 1.29 is 4.79 Å². The van der Waals surface area contributed by atoms with E-state index < -0.39 is 0 Å². The molecule has 1 aromatic carbocycles. The van der Waals surface area contributed by atoms with Gasteiger partial charge in [-0.05, 0) is 24.1 Å². The molecule has 0 aliphatic carbocycles. The third kappa shape index (κ3) is 2.76. The number of hydrogen-bond donors (Lipinski definition) is 1. The average Bonchev–Trinajstić information content (AvgIpc) is 2.78. The zero-order valence-corrected chi connectivity index (χ0v) is 10.8. The predicted octanol–water partition coefficient (Wildman–Crippen LogP) is 2.86. The standard InChI is InChI=1S/C14H12N2OS/c1-10-7-12(8-15)18-13(10)14(17)16-9-11-5-3-2-4-6-11/h2-7H,9H2,1H3,(H,16,17). The van der Waals surface area contributed by atoms with Gasteiger partial charge >= 0.3 is 0 Å². The van der Waals surface area contributed by atoms with Crippen LogP contribution in [0.5, 0.6) is 0 Å². The van der Waals surface area contributed by atoms with Gasteiger partial charge in [0, 0.05) is 6.54 Å². The molecule has 0 radical (unpaired) electrons. The third-order valence-corrected chi connectivity index (χ3v) is 3.67. The minimum absolute atomic E-state index is 0.122. The summed E-state index contributed by atoms with van der Waals surface area (Å²) in [6.07, 6.45) is 0. The molecule has 0 spiro atoms. The molecule has 0 fully saturated rings. The van der Waals surface area contributed by atoms with Crippen LogP contribution in [0.25, 0.3) is 0 Å². The molecule has 3 nitrogen and oxygen atoms in total. The molecule has 90 valence electrons. The molecule has 18 heavy (non-hydrogen) atoms. The van der Waals surface area contributed by atoms with Crippen LogP contribution in [-0.4, -0.2) is 5.91 Å². The van der Waals surface area contributed by atoms with Crippen LogP contribution in [0.1, 0.15) is 25.7 Å². The van der Waals surface area contributed by atoms with Crippen LogP contribution in [0.4, 0.5) is 0 Å². The molecule has 2 rings (SSSR count). The van der Waals surface area contributed by atoms with Gasteiger partial charge in [0.25, 0.3) is 5.91 Å². The van der Waals surface area contributed by atoms with E-state index in [1.165, 1.54) is 11.3 Å². The SMILES string of the molecule is Cc1cc(C#N)sc1C(=O)NCc1ccccc1. The van der Waals surface area contributed by atoms with Gasteiger partial charge in [-0.2, -0.15) is 5.26 Å². The number of carbonyl (C=O) groups excluding carboxylic acids is 1. The number of hydrogen-bond acceptors (Lipinski definition) is 3. The number of nitrogens with one attached hydrogen (secondary N) is 1. The fourth-order valence-corrected chi connectivity index (χ4v) is 2.51. The summed E-state index contributed by atoms with van der Waals surface area (Å²) in [6.45, 7) is 2.34. The highest BCUT2D eigenvalue weighted by atomic mass is 32.1. The number of thiophene rings is 1. The summed E-state index contributed by atoms with van der Waals surface area (Å²) in [6, 6.07) is 13.5. The number of nitriles is 1. The molecule has 1 amide bonds. The monoisotopic (exact) mass is 256 g/mol. The minimum Gasteiger partial charge on any atom is -0.347 e. The molecular formula is C14H12N2OS. The summed E-state index contributed by atoms with van der Waals surface area (Å²) < 4.78 is 0. The summed E-state index contributed by atoms with van der Waals surface area (Å²) in [5.74, 6) is -0.122. The van der Waals surface area contributed by atoms with E-state index in [1.807, 2.05) is 37.3 Å². The molecule has 4 heteroatoms. The molecule has 0 atom stereocenters. The normalized spacial score (nSPS) is 9.78. The lowest BCUT2D eigenvalue weighted by molar-refractivity contribution is 0.0954. The van der Waals surface area contributed by atoms with E-state index >= 15 is 0 Å². The van der Waals surface area contributed by atoms with E-state index in [9.17, 15) is 4.79 Å². The predicted molar refractivity (Wildman–Crippen MR) is 71.4 cm³/mol. The average molecular weight is 256 g/mol. The van der Waals surface area contributed by atoms with Crippen molar-refractivity contribution >= 4 is 17.2 Å². The molecule has 0 aliphatic rings. The van der Waals surface area contributed by atoms with Gasteiger partial charge in [-0.1, -0.05) is 30.3 Å². The Bertz CT molecular complexity index is 596. The maximum atomic E-state index is 12.0. The molecule has 0 saturated heterocycles. The van der Waals surface area contributed by atoms with Crippen LogP contribution in [0.15, 0.2) is 36.4 Å². The van der Waals surface area contributed by atoms with Crippen molar-refractivity contribution in [2.75, 3.05) is 0 Å². The lowest BCUT2D eigenvalue weighted by atomic mass is 10.2. The van der Waals surface area contributed by atoms with Gasteiger partial charge < -0.3 is 5.32 Å². The molecule has 0 saturated carbocycles. The second kappa shape index (κ2) is 5.48. The Morgan fingerprint density at radius 2 is 2.11 bits per heavy atom. The number of benzene rings is 1. The second-order valence-electron chi connectivity index (χ2n) is 3.90. The van der Waals surface area contributed by atoms with E-state index in [0.717, 1.165) is 11.1 Å². The van der Waals surface area contributed by atoms with Crippen molar-refractivity contribution in [3.63, 3.8) is 0 Å². The summed E-state index contributed by atoms with van der Waals surface area (Å²) in [4.78, 5) is 13.1. The van der Waals surface area contributed by atoms with Crippen molar-refractivity contribution in [2.45, 2.75) is 13.5 Å². The van der Waals surface area contributed by atoms with Crippen molar-refractivity contribution in [3.8, 4) is 6.07 Å². The minimum atomic E-state index is -0.122. The summed E-state index contributed by atoms with van der Waals surface area (Å²) in [5.41, 5.74) is 1.91. The van der Waals surface area contributed by atoms with Crippen LogP contribution in [-0.2, 0) is 6.54 Å². The Morgan fingerprint density at radius 1 is 1.39 bits per heavy atom. The van der Waals surface area contributed by atoms with E-state index in [4.69, 9.17) is 5.26 Å². The van der Waals surface area contributed by atoms with Crippen molar-refractivity contribution in [3.05, 3.63) is 57.3 Å². The lowest BCUT2D eigenvalue weighted by Crippen LogP contribution is -2.22. The molecule has 1 heterocycles. The zero-order chi connectivity index (χ0) is 13.0. The molecule has 1 N–H and O–H groups in total. The van der Waals surface area contributed by atoms with Crippen LogP contribution in [0, 0.1) is 18.3 Å². The highest BCUT2D eigenvalue weighted by Gasteiger charge is 2.12. The Kier molecular flexibility index (Phi) is 3.75. The Morgan fingerprint density at radius 3 is 2.72 bits per heavy atom. The largest absolute Gasteiger partial charge is 0.347 e. The van der Waals surface area contributed by atoms with Gasteiger partial charge in [0.2, 0.25) is 0 Å². The van der Waals surface area contributed by atoms with E-state index in [0.29, 0.717) is 16.3 Å². The maximum absolute atomic E-state index is 12.0. The van der Waals surface area contributed by atoms with Crippen LogP contribution < -0.4 is 5.32 Å². The Hall–Kier alpha value is -2.12. The quantitative estimate of drug-likeness (QED) is 0.918. The van der Waals surface area contributed by atoms with E-state index in [-0.39, 0.29) is 5.91 Å². The first-order valence-electron chi connectivity index (χ1n) is 5.53. The topological polar surface area (TPSA) is 52.9 Å². The number of nitrogens with zero attached hydrogens (tertiary/aromatic N) is 1. The second-order valence-corrected chi connectivity index (χ2v) is 4.96. The van der Waals surface area contributed by atoms with E-state index in [1.54, 1.807) is 6.07 Å². The number of carbonyl (C=O) groups is 1. The Labute approximate surface area is 110 Å². The molecule has 0 unspecified atom stereocenters. The first kappa shape index (κ1) is 12.3. The van der Waals surface area contributed by atoms with Crippen LogP contribution in [0.2, 0.25) is 0 Å². The number of aryl methyl sites for hydroxylation is 1. The van der Waals surface area contributed by atoms with Crippen LogP contribution in [0.3, 0.4) is 0 Å². The van der Waals surface area contributed by atoms with Gasteiger partial charge in [0.1, 0.15) is 10.9 Å². The molecule has 2 aromatic rings. The van der Waals surface area contributed by atoms with Gasteiger partial charge in [-0.3, -0.25) is 4.79 Å². The Balaban J connectivity index is 2.04.